The van der Waals surface area contributed by atoms with Crippen LogP contribution in [-0.2, 0) is 7.05 Å². The molecular weight excluding hydrogens is 417 g/mol. The van der Waals surface area contributed by atoms with Crippen LogP contribution in [0.5, 0.6) is 0 Å². The van der Waals surface area contributed by atoms with E-state index in [1.54, 1.807) is 37.0 Å². The molecule has 2 heterocycles. The summed E-state index contributed by atoms with van der Waals surface area (Å²) in [6.45, 7) is 3.88. The molecule has 2 N–H and O–H groups in total. The maximum atomic E-state index is 14.6. The number of halogens is 5. The number of rotatable bonds is 3. The fraction of sp³-hybridized carbons (Fsp3) is 0.500. The van der Waals surface area contributed by atoms with Crippen molar-refractivity contribution in [2.75, 3.05) is 18.4 Å². The van der Waals surface area contributed by atoms with Crippen molar-refractivity contribution < 1.29 is 8.78 Å². The molecule has 152 valence electrons. The summed E-state index contributed by atoms with van der Waals surface area (Å²) in [7, 11) is 1.77. The Balaban J connectivity index is 0.00000121. The zero-order valence-corrected chi connectivity index (χ0v) is 17.6. The average molecular weight is 442 g/mol. The Labute approximate surface area is 176 Å². The van der Waals surface area contributed by atoms with Gasteiger partial charge in [-0.2, -0.15) is 5.10 Å². The predicted molar refractivity (Wildman–Crippen MR) is 112 cm³/mol. The number of fused-ring (bicyclic) bond motifs is 1. The smallest absolute Gasteiger partial charge is 0.182 e. The zero-order valence-electron chi connectivity index (χ0n) is 15.2. The van der Waals surface area contributed by atoms with Crippen LogP contribution >= 0.6 is 37.2 Å². The van der Waals surface area contributed by atoms with Crippen molar-refractivity contribution in [3.05, 3.63) is 35.7 Å². The Morgan fingerprint density at radius 2 is 1.67 bits per heavy atom. The standard InChI is InChI=1S/C18H22F2N4.3ClH/c1-10-15(9-24(2)23-10)14-3-4-16(18(20)17(14)19)22-13-5-11-7-21-8-12(11)6-13;;;/h3-4,9,11-13,21-22H,5-8H2,1-2H3;3*1H/t11-,12+,13+;;;. The van der Waals surface area contributed by atoms with Crippen LogP contribution in [0.4, 0.5) is 14.5 Å². The van der Waals surface area contributed by atoms with Crippen molar-refractivity contribution in [2.45, 2.75) is 25.8 Å². The summed E-state index contributed by atoms with van der Waals surface area (Å²) < 4.78 is 30.7. The van der Waals surface area contributed by atoms with Crippen molar-refractivity contribution >= 4 is 42.9 Å². The second kappa shape index (κ2) is 9.41. The molecule has 4 rings (SSSR count). The van der Waals surface area contributed by atoms with E-state index in [2.05, 4.69) is 15.7 Å². The molecule has 1 aliphatic heterocycles. The molecule has 0 spiro atoms. The largest absolute Gasteiger partial charge is 0.380 e. The van der Waals surface area contributed by atoms with Crippen molar-refractivity contribution in [1.29, 1.82) is 0 Å². The van der Waals surface area contributed by atoms with E-state index in [1.807, 2.05) is 0 Å². The summed E-state index contributed by atoms with van der Waals surface area (Å²) in [5.74, 6) is -0.289. The van der Waals surface area contributed by atoms with Gasteiger partial charge < -0.3 is 10.6 Å². The number of nitrogens with zero attached hydrogens (tertiary/aromatic N) is 2. The highest BCUT2D eigenvalue weighted by Gasteiger charge is 2.37. The fourth-order valence-corrected chi connectivity index (χ4v) is 4.24. The van der Waals surface area contributed by atoms with Crippen LogP contribution in [0.3, 0.4) is 0 Å². The minimum absolute atomic E-state index is 0. The summed E-state index contributed by atoms with van der Waals surface area (Å²) in [5.41, 5.74) is 1.83. The van der Waals surface area contributed by atoms with Crippen molar-refractivity contribution in [1.82, 2.24) is 15.1 Å². The van der Waals surface area contributed by atoms with Gasteiger partial charge in [0.2, 0.25) is 0 Å². The van der Waals surface area contributed by atoms with Crippen LogP contribution in [-0.4, -0.2) is 28.9 Å². The fourth-order valence-electron chi connectivity index (χ4n) is 4.24. The summed E-state index contributed by atoms with van der Waals surface area (Å²) >= 11 is 0. The lowest BCUT2D eigenvalue weighted by molar-refractivity contribution is 0.494. The maximum absolute atomic E-state index is 14.6. The van der Waals surface area contributed by atoms with Gasteiger partial charge in [-0.3, -0.25) is 4.68 Å². The number of hydrogen-bond donors (Lipinski definition) is 2. The van der Waals surface area contributed by atoms with Crippen LogP contribution in [0.1, 0.15) is 18.5 Å². The molecule has 3 atom stereocenters. The molecule has 0 bridgehead atoms. The van der Waals surface area contributed by atoms with E-state index in [-0.39, 0.29) is 54.5 Å². The van der Waals surface area contributed by atoms with E-state index in [0.717, 1.165) is 25.9 Å². The van der Waals surface area contributed by atoms with E-state index in [0.29, 0.717) is 23.1 Å². The third-order valence-electron chi connectivity index (χ3n) is 5.40. The number of nitrogens with one attached hydrogen (secondary N) is 2. The van der Waals surface area contributed by atoms with Gasteiger partial charge in [0.15, 0.2) is 11.6 Å². The molecular formula is C18H25Cl3F2N4. The van der Waals surface area contributed by atoms with E-state index in [1.165, 1.54) is 0 Å². The minimum atomic E-state index is -0.809. The van der Waals surface area contributed by atoms with Crippen LogP contribution in [0.15, 0.2) is 18.3 Å². The van der Waals surface area contributed by atoms with Gasteiger partial charge in [0.05, 0.1) is 11.4 Å². The number of benzene rings is 1. The van der Waals surface area contributed by atoms with E-state index in [9.17, 15) is 8.78 Å². The van der Waals surface area contributed by atoms with Gasteiger partial charge >= 0.3 is 0 Å². The molecule has 0 radical (unpaired) electrons. The highest BCUT2D eigenvalue weighted by Crippen LogP contribution is 2.37. The molecule has 2 aliphatic rings. The van der Waals surface area contributed by atoms with Gasteiger partial charge in [-0.05, 0) is 56.8 Å². The van der Waals surface area contributed by atoms with Crippen molar-refractivity contribution in [2.24, 2.45) is 18.9 Å². The molecule has 1 aromatic heterocycles. The normalized spacial score (nSPS) is 23.0. The number of hydrogen-bond acceptors (Lipinski definition) is 3. The Bertz CT molecular complexity index is 772. The van der Waals surface area contributed by atoms with Crippen LogP contribution in [0.25, 0.3) is 11.1 Å². The molecule has 9 heteroatoms. The topological polar surface area (TPSA) is 41.9 Å². The number of aromatic nitrogens is 2. The molecule has 1 saturated heterocycles. The lowest BCUT2D eigenvalue weighted by Gasteiger charge is -2.17. The summed E-state index contributed by atoms with van der Waals surface area (Å²) in [4.78, 5) is 0. The summed E-state index contributed by atoms with van der Waals surface area (Å²) in [6, 6.07) is 3.51. The SMILES string of the molecule is Cc1nn(C)cc1-c1ccc(N[C@@H]2C[C@H]3CNC[C@H]3C2)c(F)c1F.Cl.Cl.Cl. The van der Waals surface area contributed by atoms with Gasteiger partial charge in [-0.1, -0.05) is 0 Å². The number of anilines is 1. The van der Waals surface area contributed by atoms with Gasteiger partial charge in [-0.25, -0.2) is 8.78 Å². The molecule has 2 fully saturated rings. The predicted octanol–water partition coefficient (Wildman–Crippen LogP) is 4.35. The van der Waals surface area contributed by atoms with Crippen LogP contribution in [0, 0.1) is 30.4 Å². The zero-order chi connectivity index (χ0) is 16.8. The van der Waals surface area contributed by atoms with Gasteiger partial charge in [0, 0.05) is 30.4 Å². The van der Waals surface area contributed by atoms with E-state index in [4.69, 9.17) is 0 Å². The first-order valence-corrected chi connectivity index (χ1v) is 8.48. The highest BCUT2D eigenvalue weighted by molar-refractivity contribution is 5.86. The lowest BCUT2D eigenvalue weighted by atomic mass is 10.0. The Morgan fingerprint density at radius 1 is 1.04 bits per heavy atom. The van der Waals surface area contributed by atoms with Crippen LogP contribution in [0.2, 0.25) is 0 Å². The molecule has 0 unspecified atom stereocenters. The van der Waals surface area contributed by atoms with Crippen LogP contribution < -0.4 is 10.6 Å². The lowest BCUT2D eigenvalue weighted by Crippen LogP contribution is -2.21. The molecule has 27 heavy (non-hydrogen) atoms. The summed E-state index contributed by atoms with van der Waals surface area (Å²) in [5, 5.41) is 10.8. The monoisotopic (exact) mass is 440 g/mol. The first-order valence-electron chi connectivity index (χ1n) is 8.48. The minimum Gasteiger partial charge on any atom is -0.380 e. The molecule has 2 aromatic rings. The Morgan fingerprint density at radius 3 is 2.22 bits per heavy atom. The van der Waals surface area contributed by atoms with Gasteiger partial charge in [-0.15, -0.1) is 37.2 Å². The quantitative estimate of drug-likeness (QED) is 0.744. The first kappa shape index (κ1) is 24.0. The second-order valence-electron chi connectivity index (χ2n) is 7.08. The van der Waals surface area contributed by atoms with Crippen molar-refractivity contribution in [3.63, 3.8) is 0 Å². The molecule has 1 aliphatic carbocycles. The Hall–Kier alpha value is -1.08. The molecule has 0 amide bonds. The third kappa shape index (κ3) is 4.50. The second-order valence-corrected chi connectivity index (χ2v) is 7.08. The van der Waals surface area contributed by atoms with E-state index < -0.39 is 11.6 Å². The first-order chi connectivity index (χ1) is 11.5. The van der Waals surface area contributed by atoms with Gasteiger partial charge in [0.25, 0.3) is 0 Å². The molecule has 4 nitrogen and oxygen atoms in total. The average Bonchev–Trinajstić information content (AvgIpc) is 3.19. The molecule has 1 saturated carbocycles. The van der Waals surface area contributed by atoms with Crippen molar-refractivity contribution in [3.8, 4) is 11.1 Å². The summed E-state index contributed by atoms with van der Waals surface area (Å²) in [6.07, 6.45) is 3.75. The third-order valence-corrected chi connectivity index (χ3v) is 5.40. The van der Waals surface area contributed by atoms with E-state index >= 15 is 0 Å². The Kier molecular flexibility index (Phi) is 8.35. The maximum Gasteiger partial charge on any atom is 0.182 e. The number of aryl methyl sites for hydroxylation is 2. The highest BCUT2D eigenvalue weighted by atomic mass is 35.5. The van der Waals surface area contributed by atoms with Gasteiger partial charge in [0.1, 0.15) is 0 Å². The molecule has 1 aromatic carbocycles.